The molecule has 2 aromatic carbocycles. The summed E-state index contributed by atoms with van der Waals surface area (Å²) in [6.07, 6.45) is 0. The lowest BCUT2D eigenvalue weighted by molar-refractivity contribution is 0.0697. The number of hydrogen-bond donors (Lipinski definition) is 2. The van der Waals surface area contributed by atoms with Crippen LogP contribution in [-0.4, -0.2) is 24.2 Å². The highest BCUT2D eigenvalue weighted by Gasteiger charge is 2.03. The number of nitrogens with one attached hydrogen (secondary N) is 1. The molecular formula is C15H13ClFNO3. The van der Waals surface area contributed by atoms with Crippen LogP contribution in [0.5, 0.6) is 5.75 Å². The summed E-state index contributed by atoms with van der Waals surface area (Å²) in [5.74, 6) is -0.790. The third-order valence-electron chi connectivity index (χ3n) is 2.72. The van der Waals surface area contributed by atoms with Crippen molar-refractivity contribution in [3.8, 4) is 5.75 Å². The number of carbonyl (C=O) groups is 1. The molecule has 110 valence electrons. The lowest BCUT2D eigenvalue weighted by Crippen LogP contribution is -2.11. The zero-order chi connectivity index (χ0) is 15.2. The van der Waals surface area contributed by atoms with Gasteiger partial charge in [-0.3, -0.25) is 0 Å². The molecule has 21 heavy (non-hydrogen) atoms. The van der Waals surface area contributed by atoms with Crippen LogP contribution in [0, 0.1) is 5.82 Å². The number of benzene rings is 2. The van der Waals surface area contributed by atoms with Crippen LogP contribution in [0.25, 0.3) is 0 Å². The van der Waals surface area contributed by atoms with Gasteiger partial charge in [-0.2, -0.15) is 0 Å². The van der Waals surface area contributed by atoms with E-state index in [2.05, 4.69) is 5.32 Å². The summed E-state index contributed by atoms with van der Waals surface area (Å²) in [6.45, 7) is 0.839. The summed E-state index contributed by atoms with van der Waals surface area (Å²) in [6, 6.07) is 10.2. The minimum absolute atomic E-state index is 0.207. The quantitative estimate of drug-likeness (QED) is 0.799. The molecule has 2 rings (SSSR count). The Balaban J connectivity index is 1.80. The molecule has 0 bridgehead atoms. The van der Waals surface area contributed by atoms with Crippen molar-refractivity contribution in [2.45, 2.75) is 0 Å². The lowest BCUT2D eigenvalue weighted by atomic mass is 10.2. The molecule has 0 atom stereocenters. The number of ether oxygens (including phenoxy) is 1. The summed E-state index contributed by atoms with van der Waals surface area (Å²) >= 11 is 5.87. The molecule has 0 aliphatic rings. The summed E-state index contributed by atoms with van der Waals surface area (Å²) < 4.78 is 18.3. The van der Waals surface area contributed by atoms with Gasteiger partial charge in [0.2, 0.25) is 0 Å². The van der Waals surface area contributed by atoms with E-state index in [-0.39, 0.29) is 11.4 Å². The van der Waals surface area contributed by atoms with Crippen molar-refractivity contribution < 1.29 is 19.0 Å². The van der Waals surface area contributed by atoms with Crippen molar-refractivity contribution in [1.29, 1.82) is 0 Å². The van der Waals surface area contributed by atoms with Crippen molar-refractivity contribution in [2.24, 2.45) is 0 Å². The first-order chi connectivity index (χ1) is 10.1. The number of aromatic carboxylic acids is 1. The van der Waals surface area contributed by atoms with Crippen LogP contribution < -0.4 is 10.1 Å². The zero-order valence-electron chi connectivity index (χ0n) is 11.0. The Morgan fingerprint density at radius 1 is 1.24 bits per heavy atom. The number of carboxylic acid groups (broad SMARTS) is 1. The van der Waals surface area contributed by atoms with E-state index < -0.39 is 5.97 Å². The maximum Gasteiger partial charge on any atom is 0.335 e. The maximum absolute atomic E-state index is 12.9. The van der Waals surface area contributed by atoms with Gasteiger partial charge in [0.25, 0.3) is 0 Å². The molecule has 4 nitrogen and oxygen atoms in total. The highest BCUT2D eigenvalue weighted by molar-refractivity contribution is 6.33. The predicted molar refractivity (Wildman–Crippen MR) is 78.8 cm³/mol. The van der Waals surface area contributed by atoms with Crippen molar-refractivity contribution in [1.82, 2.24) is 0 Å². The maximum atomic E-state index is 12.9. The van der Waals surface area contributed by atoms with E-state index in [1.165, 1.54) is 24.3 Å². The third-order valence-corrected chi connectivity index (χ3v) is 3.03. The molecule has 0 amide bonds. The van der Waals surface area contributed by atoms with Crippen LogP contribution in [0.15, 0.2) is 42.5 Å². The predicted octanol–water partition coefficient (Wildman–Crippen LogP) is 3.67. The summed E-state index contributed by atoms with van der Waals surface area (Å²) in [5.41, 5.74) is 0.835. The Morgan fingerprint density at radius 3 is 2.57 bits per heavy atom. The van der Waals surface area contributed by atoms with Crippen molar-refractivity contribution >= 4 is 23.3 Å². The first kappa shape index (κ1) is 15.1. The highest BCUT2D eigenvalue weighted by Crippen LogP contribution is 2.22. The van der Waals surface area contributed by atoms with Crippen LogP contribution in [0.2, 0.25) is 5.02 Å². The van der Waals surface area contributed by atoms with Crippen LogP contribution in [-0.2, 0) is 0 Å². The molecule has 2 aromatic rings. The summed E-state index contributed by atoms with van der Waals surface area (Å²) in [4.78, 5) is 10.7. The highest BCUT2D eigenvalue weighted by atomic mass is 35.5. The average molecular weight is 310 g/mol. The van der Waals surface area contributed by atoms with E-state index in [0.29, 0.717) is 29.6 Å². The number of anilines is 1. The van der Waals surface area contributed by atoms with Crippen LogP contribution >= 0.6 is 11.6 Å². The van der Waals surface area contributed by atoms with Gasteiger partial charge in [-0.1, -0.05) is 11.6 Å². The first-order valence-electron chi connectivity index (χ1n) is 6.21. The van der Waals surface area contributed by atoms with Gasteiger partial charge in [0, 0.05) is 6.54 Å². The van der Waals surface area contributed by atoms with Crippen molar-refractivity contribution in [3.63, 3.8) is 0 Å². The fraction of sp³-hybridized carbons (Fsp3) is 0.133. The molecule has 2 N–H and O–H groups in total. The van der Waals surface area contributed by atoms with Crippen LogP contribution in [0.4, 0.5) is 10.1 Å². The molecule has 0 aliphatic carbocycles. The lowest BCUT2D eigenvalue weighted by Gasteiger charge is -2.10. The second-order valence-electron chi connectivity index (χ2n) is 4.23. The molecular weight excluding hydrogens is 297 g/mol. The minimum Gasteiger partial charge on any atom is -0.492 e. The fourth-order valence-electron chi connectivity index (χ4n) is 1.68. The molecule has 0 aromatic heterocycles. The Labute approximate surface area is 126 Å². The zero-order valence-corrected chi connectivity index (χ0v) is 11.7. The topological polar surface area (TPSA) is 58.6 Å². The van der Waals surface area contributed by atoms with Gasteiger partial charge in [0.05, 0.1) is 16.3 Å². The van der Waals surface area contributed by atoms with Gasteiger partial charge in [-0.25, -0.2) is 9.18 Å². The van der Waals surface area contributed by atoms with Gasteiger partial charge in [-0.15, -0.1) is 0 Å². The van der Waals surface area contributed by atoms with E-state index >= 15 is 0 Å². The molecule has 0 heterocycles. The Morgan fingerprint density at radius 2 is 1.95 bits per heavy atom. The molecule has 0 saturated carbocycles. The fourth-order valence-corrected chi connectivity index (χ4v) is 1.92. The van der Waals surface area contributed by atoms with E-state index in [4.69, 9.17) is 21.4 Å². The SMILES string of the molecule is O=C(O)c1ccc(OCCNc2ccc(F)cc2Cl)cc1. The van der Waals surface area contributed by atoms with Gasteiger partial charge in [0.1, 0.15) is 18.2 Å². The number of carboxylic acids is 1. The first-order valence-corrected chi connectivity index (χ1v) is 6.59. The van der Waals surface area contributed by atoms with Gasteiger partial charge in [-0.05, 0) is 42.5 Å². The molecule has 6 heteroatoms. The average Bonchev–Trinajstić information content (AvgIpc) is 2.46. The largest absolute Gasteiger partial charge is 0.492 e. The van der Waals surface area contributed by atoms with E-state index in [1.807, 2.05) is 0 Å². The van der Waals surface area contributed by atoms with E-state index in [1.54, 1.807) is 18.2 Å². The molecule has 0 fully saturated rings. The van der Waals surface area contributed by atoms with E-state index in [9.17, 15) is 9.18 Å². The molecule has 0 aliphatic heterocycles. The molecule has 0 radical (unpaired) electrons. The van der Waals surface area contributed by atoms with Gasteiger partial charge >= 0.3 is 5.97 Å². The smallest absolute Gasteiger partial charge is 0.335 e. The van der Waals surface area contributed by atoms with Crippen molar-refractivity contribution in [3.05, 3.63) is 58.9 Å². The molecule has 0 saturated heterocycles. The second kappa shape index (κ2) is 6.95. The number of rotatable bonds is 6. The Hall–Kier alpha value is -2.27. The Bertz CT molecular complexity index is 631. The van der Waals surface area contributed by atoms with Crippen LogP contribution in [0.1, 0.15) is 10.4 Å². The van der Waals surface area contributed by atoms with Gasteiger partial charge in [0.15, 0.2) is 0 Å². The molecule has 0 spiro atoms. The third kappa shape index (κ3) is 4.36. The summed E-state index contributed by atoms with van der Waals surface area (Å²) in [5, 5.41) is 12.1. The minimum atomic E-state index is -0.978. The second-order valence-corrected chi connectivity index (χ2v) is 4.64. The van der Waals surface area contributed by atoms with E-state index in [0.717, 1.165) is 0 Å². The van der Waals surface area contributed by atoms with Crippen molar-refractivity contribution in [2.75, 3.05) is 18.5 Å². The van der Waals surface area contributed by atoms with Crippen LogP contribution in [0.3, 0.4) is 0 Å². The number of halogens is 2. The normalized spacial score (nSPS) is 10.2. The number of hydrogen-bond acceptors (Lipinski definition) is 3. The Kier molecular flexibility index (Phi) is 5.00. The summed E-state index contributed by atoms with van der Waals surface area (Å²) in [7, 11) is 0. The molecule has 0 unspecified atom stereocenters. The standard InChI is InChI=1S/C15H13ClFNO3/c16-13-9-11(17)3-6-14(13)18-7-8-21-12-4-1-10(2-5-12)15(19)20/h1-6,9,18H,7-8H2,(H,19,20). The van der Waals surface area contributed by atoms with Gasteiger partial charge < -0.3 is 15.2 Å². The monoisotopic (exact) mass is 309 g/mol.